The number of para-hydroxylation sites is 1. The highest BCUT2D eigenvalue weighted by Crippen LogP contribution is 2.35. The monoisotopic (exact) mass is 548 g/mol. The summed E-state index contributed by atoms with van der Waals surface area (Å²) in [4.78, 5) is 36.7. The van der Waals surface area contributed by atoms with Crippen molar-refractivity contribution in [1.29, 1.82) is 0 Å². The highest BCUT2D eigenvalue weighted by atomic mass is 127. The average Bonchev–Trinajstić information content (AvgIpc) is 2.75. The fourth-order valence-corrected chi connectivity index (χ4v) is 4.15. The van der Waals surface area contributed by atoms with Gasteiger partial charge >= 0.3 is 0 Å². The van der Waals surface area contributed by atoms with Crippen molar-refractivity contribution in [3.8, 4) is 0 Å². The Balaban J connectivity index is 1.75. The van der Waals surface area contributed by atoms with Crippen LogP contribution in [0.1, 0.15) is 32.4 Å². The van der Waals surface area contributed by atoms with E-state index >= 15 is 0 Å². The van der Waals surface area contributed by atoms with E-state index in [1.807, 2.05) is 28.7 Å². The summed E-state index contributed by atoms with van der Waals surface area (Å²) in [7, 11) is 0. The van der Waals surface area contributed by atoms with Crippen molar-refractivity contribution in [3.63, 3.8) is 0 Å². The van der Waals surface area contributed by atoms with Crippen LogP contribution >= 0.6 is 34.2 Å². The highest BCUT2D eigenvalue weighted by Gasteiger charge is 2.35. The van der Waals surface area contributed by atoms with Crippen LogP contribution in [0, 0.1) is 13.7 Å². The first-order valence-electron chi connectivity index (χ1n) is 9.05. The van der Waals surface area contributed by atoms with Gasteiger partial charge in [0.15, 0.2) is 0 Å². The van der Waals surface area contributed by atoms with Gasteiger partial charge in [0.2, 0.25) is 0 Å². The predicted octanol–water partition coefficient (Wildman–Crippen LogP) is 4.76. The van der Waals surface area contributed by atoms with Crippen LogP contribution in [0.2, 0.25) is 5.02 Å². The van der Waals surface area contributed by atoms with Gasteiger partial charge in [0.1, 0.15) is 11.2 Å². The lowest BCUT2D eigenvalue weighted by Crippen LogP contribution is -2.53. The molecule has 0 saturated carbocycles. The first-order valence-corrected chi connectivity index (χ1v) is 10.5. The molecule has 0 radical (unpaired) electrons. The van der Waals surface area contributed by atoms with Crippen LogP contribution in [0.5, 0.6) is 0 Å². The van der Waals surface area contributed by atoms with Gasteiger partial charge in [-0.1, -0.05) is 35.9 Å². The number of hydrogen-bond acceptors (Lipinski definition) is 5. The molecule has 31 heavy (non-hydrogen) atoms. The summed E-state index contributed by atoms with van der Waals surface area (Å²) >= 11 is 8.13. The molecule has 8 nitrogen and oxygen atoms in total. The van der Waals surface area contributed by atoms with E-state index < -0.39 is 22.9 Å². The largest absolute Gasteiger partial charge is 0.359 e. The summed E-state index contributed by atoms with van der Waals surface area (Å²) in [6.07, 6.45) is -0.828. The minimum Gasteiger partial charge on any atom is -0.359 e. The van der Waals surface area contributed by atoms with E-state index in [2.05, 4.69) is 10.7 Å². The molecule has 0 bridgehead atoms. The molecule has 1 heterocycles. The Bertz CT molecular complexity index is 1220. The maximum Gasteiger partial charge on any atom is 0.287 e. The smallest absolute Gasteiger partial charge is 0.287 e. The van der Waals surface area contributed by atoms with Crippen LogP contribution in [-0.4, -0.2) is 21.7 Å². The summed E-state index contributed by atoms with van der Waals surface area (Å²) in [5.41, 5.74) is 4.27. The Labute approximate surface area is 195 Å². The lowest BCUT2D eigenvalue weighted by molar-refractivity contribution is -0.384. The number of fused-ring (bicyclic) bond motifs is 1. The fourth-order valence-electron chi connectivity index (χ4n) is 3.26. The molecule has 0 fully saturated rings. The van der Waals surface area contributed by atoms with Crippen molar-refractivity contribution in [1.82, 2.24) is 10.4 Å². The normalized spacial score (nSPS) is 15.1. The molecule has 3 aromatic carbocycles. The molecule has 1 atom stereocenters. The van der Waals surface area contributed by atoms with Gasteiger partial charge in [-0.3, -0.25) is 25.1 Å². The van der Waals surface area contributed by atoms with Crippen molar-refractivity contribution in [2.24, 2.45) is 0 Å². The van der Waals surface area contributed by atoms with E-state index in [0.717, 1.165) is 3.57 Å². The fraction of sp³-hybridized carbons (Fsp3) is 0.0476. The summed E-state index contributed by atoms with van der Waals surface area (Å²) < 4.78 is 0.727. The lowest BCUT2D eigenvalue weighted by atomic mass is 10.0. The minimum atomic E-state index is -0.828. The number of carbonyl (C=O) groups excluding carboxylic acids is 2. The molecule has 0 saturated heterocycles. The molecular formula is C21H14ClIN4O4. The Hall–Kier alpha value is -3.18. The minimum absolute atomic E-state index is 0.0699. The van der Waals surface area contributed by atoms with Crippen LogP contribution in [0.15, 0.2) is 66.7 Å². The van der Waals surface area contributed by atoms with Crippen LogP contribution in [0.3, 0.4) is 0 Å². The second-order valence-corrected chi connectivity index (χ2v) is 8.23. The number of halogens is 2. The predicted molar refractivity (Wildman–Crippen MR) is 124 cm³/mol. The molecule has 4 rings (SSSR count). The molecule has 10 heteroatoms. The Kier molecular flexibility index (Phi) is 5.79. The average molecular weight is 549 g/mol. The number of anilines is 1. The third-order valence-electron chi connectivity index (χ3n) is 4.75. The summed E-state index contributed by atoms with van der Waals surface area (Å²) in [6, 6.07) is 18.0. The molecule has 156 valence electrons. The van der Waals surface area contributed by atoms with Crippen molar-refractivity contribution in [2.45, 2.75) is 6.17 Å². The molecule has 0 aliphatic carbocycles. The number of nitrogens with zero attached hydrogens (tertiary/aromatic N) is 2. The quantitative estimate of drug-likeness (QED) is 0.278. The molecule has 0 spiro atoms. The van der Waals surface area contributed by atoms with Crippen molar-refractivity contribution in [2.75, 3.05) is 5.32 Å². The number of nitro groups is 1. The zero-order chi connectivity index (χ0) is 22.1. The standard InChI is InChI=1S/C21H14ClIN4O4/c22-15-11-12(9-10-18(15)27(30)31)19-24-17-8-4-2-6-14(17)21(29)26(19)25-20(28)13-5-1-3-7-16(13)23/h1-11,19,24H,(H,25,28)/t19-/m0/s1. The number of amides is 2. The summed E-state index contributed by atoms with van der Waals surface area (Å²) in [5.74, 6) is -0.884. The van der Waals surface area contributed by atoms with Gasteiger partial charge in [-0.2, -0.15) is 0 Å². The Morgan fingerprint density at radius 2 is 1.84 bits per heavy atom. The summed E-state index contributed by atoms with van der Waals surface area (Å²) in [5, 5.41) is 15.4. The number of nitrogens with one attached hydrogen (secondary N) is 2. The molecule has 2 amide bonds. The van der Waals surface area contributed by atoms with E-state index in [1.54, 1.807) is 42.5 Å². The second-order valence-electron chi connectivity index (χ2n) is 6.66. The van der Waals surface area contributed by atoms with Crippen LogP contribution in [0.4, 0.5) is 11.4 Å². The number of nitro benzene ring substituents is 1. The molecule has 0 aromatic heterocycles. The topological polar surface area (TPSA) is 105 Å². The van der Waals surface area contributed by atoms with Crippen LogP contribution < -0.4 is 10.7 Å². The molecule has 3 aromatic rings. The van der Waals surface area contributed by atoms with Crippen molar-refractivity contribution >= 4 is 57.4 Å². The third-order valence-corrected chi connectivity index (χ3v) is 5.99. The van der Waals surface area contributed by atoms with E-state index in [4.69, 9.17) is 11.6 Å². The van der Waals surface area contributed by atoms with Crippen LogP contribution in [-0.2, 0) is 0 Å². The molecule has 1 aliphatic rings. The number of rotatable bonds is 4. The molecule has 1 aliphatic heterocycles. The van der Waals surface area contributed by atoms with Gasteiger partial charge in [0.25, 0.3) is 17.5 Å². The van der Waals surface area contributed by atoms with E-state index in [1.165, 1.54) is 23.2 Å². The second kappa shape index (κ2) is 8.52. The molecular weight excluding hydrogens is 535 g/mol. The Morgan fingerprint density at radius 1 is 1.13 bits per heavy atom. The van der Waals surface area contributed by atoms with E-state index in [-0.39, 0.29) is 10.7 Å². The van der Waals surface area contributed by atoms with Gasteiger partial charge in [-0.15, -0.1) is 0 Å². The number of carbonyl (C=O) groups is 2. The third kappa shape index (κ3) is 4.06. The van der Waals surface area contributed by atoms with Crippen LogP contribution in [0.25, 0.3) is 0 Å². The van der Waals surface area contributed by atoms with Gasteiger partial charge in [0.05, 0.1) is 16.1 Å². The lowest BCUT2D eigenvalue weighted by Gasteiger charge is -2.37. The maximum atomic E-state index is 13.2. The maximum absolute atomic E-state index is 13.2. The number of hydrazine groups is 1. The highest BCUT2D eigenvalue weighted by molar-refractivity contribution is 14.1. The zero-order valence-corrected chi connectivity index (χ0v) is 18.6. The SMILES string of the molecule is O=C(NN1C(=O)c2ccccc2N[C@@H]1c1ccc([N+](=O)[O-])c(Cl)c1)c1ccccc1I. The number of hydrogen-bond donors (Lipinski definition) is 2. The first-order chi connectivity index (χ1) is 14.9. The zero-order valence-electron chi connectivity index (χ0n) is 15.7. The summed E-state index contributed by atoms with van der Waals surface area (Å²) in [6.45, 7) is 0. The first kappa shape index (κ1) is 21.1. The number of benzene rings is 3. The van der Waals surface area contributed by atoms with Gasteiger partial charge in [-0.25, -0.2) is 5.01 Å². The molecule has 0 unspecified atom stereocenters. The van der Waals surface area contributed by atoms with Gasteiger partial charge in [0, 0.05) is 15.3 Å². The van der Waals surface area contributed by atoms with E-state index in [9.17, 15) is 19.7 Å². The Morgan fingerprint density at radius 3 is 2.55 bits per heavy atom. The van der Waals surface area contributed by atoms with Crippen molar-refractivity contribution < 1.29 is 14.5 Å². The molecule has 2 N–H and O–H groups in total. The van der Waals surface area contributed by atoms with E-state index in [0.29, 0.717) is 22.4 Å². The van der Waals surface area contributed by atoms with Gasteiger partial charge < -0.3 is 5.32 Å². The van der Waals surface area contributed by atoms with Gasteiger partial charge in [-0.05, 0) is 64.6 Å². The van der Waals surface area contributed by atoms with Crippen molar-refractivity contribution in [3.05, 3.63) is 102 Å².